The van der Waals surface area contributed by atoms with Crippen molar-refractivity contribution < 1.29 is 4.39 Å². The molecule has 1 aliphatic rings. The zero-order chi connectivity index (χ0) is 13.4. The van der Waals surface area contributed by atoms with Gasteiger partial charge in [0.2, 0.25) is 0 Å². The molecule has 3 nitrogen and oxygen atoms in total. The lowest BCUT2D eigenvalue weighted by atomic mass is 9.81. The van der Waals surface area contributed by atoms with Crippen molar-refractivity contribution >= 4 is 5.82 Å². The van der Waals surface area contributed by atoms with Crippen LogP contribution in [0.15, 0.2) is 24.3 Å². The van der Waals surface area contributed by atoms with Crippen LogP contribution in [0.4, 0.5) is 10.2 Å². The fraction of sp³-hybridized carbons (Fsp3) is 0.400. The van der Waals surface area contributed by atoms with E-state index in [0.29, 0.717) is 17.3 Å². The summed E-state index contributed by atoms with van der Waals surface area (Å²) in [5.74, 6) is 0.983. The number of benzene rings is 1. The normalized spacial score (nSPS) is 15.5. The lowest BCUT2D eigenvalue weighted by Gasteiger charge is -2.24. The number of aromatic nitrogens is 2. The van der Waals surface area contributed by atoms with Crippen molar-refractivity contribution in [2.24, 2.45) is 13.0 Å². The van der Waals surface area contributed by atoms with E-state index in [1.807, 2.05) is 13.1 Å². The zero-order valence-electron chi connectivity index (χ0n) is 11.1. The van der Waals surface area contributed by atoms with Crippen LogP contribution in [0, 0.1) is 11.7 Å². The summed E-state index contributed by atoms with van der Waals surface area (Å²) in [5.41, 5.74) is 8.33. The van der Waals surface area contributed by atoms with Gasteiger partial charge in [-0.15, -0.1) is 0 Å². The minimum absolute atomic E-state index is 0.239. The molecule has 19 heavy (non-hydrogen) atoms. The van der Waals surface area contributed by atoms with Gasteiger partial charge in [-0.05, 0) is 18.4 Å². The molecule has 0 amide bonds. The molecule has 0 unspecified atom stereocenters. The highest BCUT2D eigenvalue weighted by molar-refractivity contribution is 5.77. The molecule has 1 aromatic heterocycles. The van der Waals surface area contributed by atoms with Gasteiger partial charge in [-0.3, -0.25) is 4.68 Å². The van der Waals surface area contributed by atoms with Crippen molar-refractivity contribution in [1.29, 1.82) is 0 Å². The van der Waals surface area contributed by atoms with E-state index < -0.39 is 0 Å². The first-order valence-electron chi connectivity index (χ1n) is 6.73. The number of hydrogen-bond donors (Lipinski definition) is 1. The number of aryl methyl sites for hydroxylation is 1. The summed E-state index contributed by atoms with van der Waals surface area (Å²) in [5, 5.41) is 4.47. The van der Waals surface area contributed by atoms with E-state index in [-0.39, 0.29) is 5.82 Å². The van der Waals surface area contributed by atoms with Gasteiger partial charge in [0.15, 0.2) is 0 Å². The summed E-state index contributed by atoms with van der Waals surface area (Å²) in [6.45, 7) is 0. The van der Waals surface area contributed by atoms with Crippen LogP contribution in [-0.2, 0) is 13.5 Å². The third-order valence-corrected chi connectivity index (χ3v) is 4.01. The highest BCUT2D eigenvalue weighted by Crippen LogP contribution is 2.36. The maximum absolute atomic E-state index is 14.0. The smallest absolute Gasteiger partial charge is 0.131 e. The average molecular weight is 259 g/mol. The molecule has 0 aliphatic heterocycles. The minimum Gasteiger partial charge on any atom is -0.383 e. The summed E-state index contributed by atoms with van der Waals surface area (Å²) in [7, 11) is 1.81. The molecule has 1 heterocycles. The van der Waals surface area contributed by atoms with Crippen molar-refractivity contribution in [3.05, 3.63) is 35.8 Å². The van der Waals surface area contributed by atoms with Crippen LogP contribution < -0.4 is 5.73 Å². The summed E-state index contributed by atoms with van der Waals surface area (Å²) in [6, 6.07) is 6.76. The van der Waals surface area contributed by atoms with E-state index in [2.05, 4.69) is 5.10 Å². The van der Waals surface area contributed by atoms with Crippen LogP contribution in [0.25, 0.3) is 11.1 Å². The Hall–Kier alpha value is -1.84. The molecule has 2 N–H and O–H groups in total. The Morgan fingerprint density at radius 2 is 2.11 bits per heavy atom. The Balaban J connectivity index is 2.05. The second kappa shape index (κ2) is 4.68. The average Bonchev–Trinajstić information content (AvgIpc) is 2.61. The molecule has 1 saturated carbocycles. The molecule has 2 aromatic rings. The molecule has 4 heteroatoms. The fourth-order valence-electron chi connectivity index (χ4n) is 2.67. The summed E-state index contributed by atoms with van der Waals surface area (Å²) >= 11 is 0. The first kappa shape index (κ1) is 12.2. The van der Waals surface area contributed by atoms with Crippen molar-refractivity contribution in [1.82, 2.24) is 9.78 Å². The summed E-state index contributed by atoms with van der Waals surface area (Å²) in [6.07, 6.45) is 4.68. The monoisotopic (exact) mass is 259 g/mol. The standard InChI is InChI=1S/C15H18FN3/c1-19-15(17)14(11-7-2-3-8-12(11)16)13(18-19)9-10-5-4-6-10/h2-3,7-8,10H,4-6,9,17H2,1H3. The van der Waals surface area contributed by atoms with Gasteiger partial charge in [-0.2, -0.15) is 5.10 Å². The highest BCUT2D eigenvalue weighted by atomic mass is 19.1. The first-order valence-corrected chi connectivity index (χ1v) is 6.73. The molecule has 100 valence electrons. The van der Waals surface area contributed by atoms with Gasteiger partial charge in [0.1, 0.15) is 11.6 Å². The zero-order valence-corrected chi connectivity index (χ0v) is 11.1. The second-order valence-corrected chi connectivity index (χ2v) is 5.31. The second-order valence-electron chi connectivity index (χ2n) is 5.31. The number of halogens is 1. The minimum atomic E-state index is -0.239. The molecule has 0 bridgehead atoms. The molecule has 1 aromatic carbocycles. The Morgan fingerprint density at radius 3 is 2.74 bits per heavy atom. The van der Waals surface area contributed by atoms with Crippen LogP contribution >= 0.6 is 0 Å². The van der Waals surface area contributed by atoms with Crippen LogP contribution in [-0.4, -0.2) is 9.78 Å². The van der Waals surface area contributed by atoms with Gasteiger partial charge in [0.05, 0.1) is 5.69 Å². The highest BCUT2D eigenvalue weighted by Gasteiger charge is 2.24. The molecular weight excluding hydrogens is 241 g/mol. The van der Waals surface area contributed by atoms with Crippen molar-refractivity contribution in [2.75, 3.05) is 5.73 Å². The molecule has 1 aliphatic carbocycles. The summed E-state index contributed by atoms with van der Waals surface area (Å²) in [4.78, 5) is 0. The van der Waals surface area contributed by atoms with Gasteiger partial charge in [0, 0.05) is 18.2 Å². The Labute approximate surface area is 112 Å². The Morgan fingerprint density at radius 1 is 1.37 bits per heavy atom. The van der Waals surface area contributed by atoms with E-state index >= 15 is 0 Å². The van der Waals surface area contributed by atoms with Crippen molar-refractivity contribution in [3.63, 3.8) is 0 Å². The number of anilines is 1. The predicted octanol–water partition coefficient (Wildman–Crippen LogP) is 3.15. The maximum Gasteiger partial charge on any atom is 0.131 e. The largest absolute Gasteiger partial charge is 0.383 e. The molecule has 1 fully saturated rings. The molecular formula is C15H18FN3. The number of hydrogen-bond acceptors (Lipinski definition) is 2. The molecule has 3 rings (SSSR count). The van der Waals surface area contributed by atoms with Gasteiger partial charge < -0.3 is 5.73 Å². The topological polar surface area (TPSA) is 43.8 Å². The molecule has 0 spiro atoms. The van der Waals surface area contributed by atoms with Gasteiger partial charge >= 0.3 is 0 Å². The van der Waals surface area contributed by atoms with Crippen molar-refractivity contribution in [3.8, 4) is 11.1 Å². The number of nitrogens with zero attached hydrogens (tertiary/aromatic N) is 2. The lowest BCUT2D eigenvalue weighted by molar-refractivity contribution is 0.311. The molecule has 0 radical (unpaired) electrons. The van der Waals surface area contributed by atoms with Gasteiger partial charge in [-0.25, -0.2) is 4.39 Å². The third kappa shape index (κ3) is 2.11. The van der Waals surface area contributed by atoms with E-state index in [0.717, 1.165) is 17.7 Å². The number of rotatable bonds is 3. The van der Waals surface area contributed by atoms with Gasteiger partial charge in [0.25, 0.3) is 0 Å². The quantitative estimate of drug-likeness (QED) is 0.920. The third-order valence-electron chi connectivity index (χ3n) is 4.01. The molecule has 0 saturated heterocycles. The van der Waals surface area contributed by atoms with E-state index in [1.165, 1.54) is 25.3 Å². The van der Waals surface area contributed by atoms with E-state index in [9.17, 15) is 4.39 Å². The lowest BCUT2D eigenvalue weighted by Crippen LogP contribution is -2.14. The van der Waals surface area contributed by atoms with Crippen LogP contribution in [0.5, 0.6) is 0 Å². The van der Waals surface area contributed by atoms with Crippen LogP contribution in [0.1, 0.15) is 25.0 Å². The van der Waals surface area contributed by atoms with Crippen LogP contribution in [0.2, 0.25) is 0 Å². The maximum atomic E-state index is 14.0. The molecule has 0 atom stereocenters. The predicted molar refractivity (Wildman–Crippen MR) is 74.1 cm³/mol. The Bertz CT molecular complexity index is 599. The van der Waals surface area contributed by atoms with E-state index in [4.69, 9.17) is 5.73 Å². The SMILES string of the molecule is Cn1nc(CC2CCC2)c(-c2ccccc2F)c1N. The van der Waals surface area contributed by atoms with Crippen molar-refractivity contribution in [2.45, 2.75) is 25.7 Å². The first-order chi connectivity index (χ1) is 9.16. The fourth-order valence-corrected chi connectivity index (χ4v) is 2.67. The Kier molecular flexibility index (Phi) is 3.01. The van der Waals surface area contributed by atoms with E-state index in [1.54, 1.807) is 16.8 Å². The number of nitrogens with two attached hydrogens (primary N) is 1. The van der Waals surface area contributed by atoms with Crippen LogP contribution in [0.3, 0.4) is 0 Å². The number of nitrogen functional groups attached to an aromatic ring is 1. The summed E-state index contributed by atoms with van der Waals surface area (Å²) < 4.78 is 15.6. The van der Waals surface area contributed by atoms with Gasteiger partial charge in [-0.1, -0.05) is 37.5 Å².